The number of carbonyl (C=O) groups excluding carboxylic acids is 1. The highest BCUT2D eigenvalue weighted by Gasteiger charge is 2.50. The minimum absolute atomic E-state index is 0.00406. The summed E-state index contributed by atoms with van der Waals surface area (Å²) >= 11 is 0. The van der Waals surface area contributed by atoms with Gasteiger partial charge in [-0.25, -0.2) is 4.79 Å². The number of aryl methyl sites for hydroxylation is 1. The lowest BCUT2D eigenvalue weighted by molar-refractivity contribution is -0.314. The smallest absolute Gasteiger partial charge is 0.330 e. The molecule has 42 heavy (non-hydrogen) atoms. The Hall–Kier alpha value is -3.38. The van der Waals surface area contributed by atoms with Gasteiger partial charge in [0, 0.05) is 13.2 Å². The van der Waals surface area contributed by atoms with Gasteiger partial charge in [-0.3, -0.25) is 4.18 Å². The van der Waals surface area contributed by atoms with E-state index in [1.165, 1.54) is 25.3 Å². The van der Waals surface area contributed by atoms with Gasteiger partial charge in [0.2, 0.25) is 0 Å². The number of benzene rings is 3. The van der Waals surface area contributed by atoms with Crippen LogP contribution < -0.4 is 0 Å². The van der Waals surface area contributed by atoms with E-state index in [-0.39, 0.29) is 18.1 Å². The van der Waals surface area contributed by atoms with Crippen molar-refractivity contribution in [3.8, 4) is 0 Å². The number of rotatable bonds is 13. The van der Waals surface area contributed by atoms with Crippen LogP contribution in [-0.2, 0) is 56.0 Å². The predicted molar refractivity (Wildman–Crippen MR) is 155 cm³/mol. The van der Waals surface area contributed by atoms with E-state index in [2.05, 4.69) is 0 Å². The zero-order chi connectivity index (χ0) is 30.0. The third kappa shape index (κ3) is 8.57. The summed E-state index contributed by atoms with van der Waals surface area (Å²) in [6.07, 6.45) is -2.09. The lowest BCUT2D eigenvalue weighted by Gasteiger charge is -2.44. The van der Waals surface area contributed by atoms with Crippen molar-refractivity contribution in [2.24, 2.45) is 0 Å². The fourth-order valence-electron chi connectivity index (χ4n) is 4.48. The minimum Gasteiger partial charge on any atom is -0.453 e. The molecule has 0 aliphatic carbocycles. The molecule has 10 heteroatoms. The Balaban J connectivity index is 1.63. The van der Waals surface area contributed by atoms with Crippen LogP contribution in [0.5, 0.6) is 0 Å². The summed E-state index contributed by atoms with van der Waals surface area (Å²) in [4.78, 5) is 12.7. The quantitative estimate of drug-likeness (QED) is 0.157. The lowest BCUT2D eigenvalue weighted by Crippen LogP contribution is -2.62. The van der Waals surface area contributed by atoms with Gasteiger partial charge in [0.25, 0.3) is 10.1 Å². The monoisotopic (exact) mass is 596 g/mol. The summed E-state index contributed by atoms with van der Waals surface area (Å²) in [6.45, 7) is 3.45. The van der Waals surface area contributed by atoms with Gasteiger partial charge >= 0.3 is 5.97 Å². The van der Waals surface area contributed by atoms with Gasteiger partial charge < -0.3 is 23.7 Å². The van der Waals surface area contributed by atoms with Gasteiger partial charge in [0.1, 0.15) is 18.3 Å². The molecule has 0 amide bonds. The number of methoxy groups -OCH3 is 1. The zero-order valence-electron chi connectivity index (χ0n) is 23.8. The van der Waals surface area contributed by atoms with Gasteiger partial charge in [-0.05, 0) is 37.1 Å². The molecular weight excluding hydrogens is 560 g/mol. The molecule has 0 bridgehead atoms. The summed E-state index contributed by atoms with van der Waals surface area (Å²) in [5.74, 6) is -0.650. The number of hydrogen-bond acceptors (Lipinski definition) is 9. The van der Waals surface area contributed by atoms with Crippen LogP contribution in [0.25, 0.3) is 0 Å². The normalized spacial score (nSPS) is 22.7. The molecule has 0 N–H and O–H groups in total. The molecule has 224 valence electrons. The maximum atomic E-state index is 13.0. The predicted octanol–water partition coefficient (Wildman–Crippen LogP) is 4.73. The molecule has 0 aromatic heterocycles. The van der Waals surface area contributed by atoms with E-state index in [1.54, 1.807) is 25.1 Å². The van der Waals surface area contributed by atoms with Crippen molar-refractivity contribution in [1.29, 1.82) is 0 Å². The summed E-state index contributed by atoms with van der Waals surface area (Å²) in [5, 5.41) is 0. The van der Waals surface area contributed by atoms with Crippen molar-refractivity contribution in [2.45, 2.75) is 62.7 Å². The molecule has 0 saturated carbocycles. The van der Waals surface area contributed by atoms with Gasteiger partial charge in [0.05, 0.1) is 24.7 Å². The first-order valence-electron chi connectivity index (χ1n) is 13.6. The molecule has 0 radical (unpaired) electrons. The molecule has 5 atom stereocenters. The Bertz CT molecular complexity index is 1390. The first-order valence-corrected chi connectivity index (χ1v) is 15.0. The molecule has 4 rings (SSSR count). The van der Waals surface area contributed by atoms with Crippen LogP contribution in [-0.4, -0.2) is 58.8 Å². The molecular formula is C32H36O9S. The van der Waals surface area contributed by atoms with Crippen molar-refractivity contribution in [3.63, 3.8) is 0 Å². The Morgan fingerprint density at radius 1 is 0.833 bits per heavy atom. The standard InChI is InChI=1S/C32H36O9S/c1-4-11-28(33)41-29-27(22-39-42(34,35)26-18-16-23(2)17-19-26)40-32(36-3)31(38-21-25-14-9-6-10-15-25)30(29)37-20-24-12-7-5-8-13-24/h4-19,27,29-32H,20-22H2,1-3H3/b11-4+/t27-,29-,30+,31-,32+/m1/s1. The minimum atomic E-state index is -4.14. The van der Waals surface area contributed by atoms with Crippen LogP contribution in [0, 0.1) is 6.92 Å². The molecule has 1 heterocycles. The molecule has 1 fully saturated rings. The SMILES string of the molecule is C/C=C/C(=O)O[C@H]1[C@H](OCc2ccccc2)[C@@H](OCc2ccccc2)[C@@H](OC)O[C@@H]1COS(=O)(=O)c1ccc(C)cc1. The average Bonchev–Trinajstić information content (AvgIpc) is 3.00. The molecule has 3 aromatic carbocycles. The molecule has 1 saturated heterocycles. The number of esters is 1. The fourth-order valence-corrected chi connectivity index (χ4v) is 5.40. The van der Waals surface area contributed by atoms with E-state index in [4.69, 9.17) is 27.9 Å². The van der Waals surface area contributed by atoms with Crippen molar-refractivity contribution in [3.05, 3.63) is 114 Å². The maximum absolute atomic E-state index is 13.0. The van der Waals surface area contributed by atoms with E-state index in [0.717, 1.165) is 16.7 Å². The average molecular weight is 597 g/mol. The van der Waals surface area contributed by atoms with Crippen LogP contribution >= 0.6 is 0 Å². The van der Waals surface area contributed by atoms with Crippen LogP contribution in [0.2, 0.25) is 0 Å². The second-order valence-corrected chi connectivity index (χ2v) is 11.4. The van der Waals surface area contributed by atoms with Crippen LogP contribution in [0.4, 0.5) is 0 Å². The van der Waals surface area contributed by atoms with E-state index < -0.39 is 53.4 Å². The van der Waals surface area contributed by atoms with Gasteiger partial charge in [-0.2, -0.15) is 8.42 Å². The molecule has 0 unspecified atom stereocenters. The maximum Gasteiger partial charge on any atom is 0.330 e. The second kappa shape index (κ2) is 15.2. The molecule has 1 aliphatic heterocycles. The van der Waals surface area contributed by atoms with E-state index in [1.807, 2.05) is 67.6 Å². The van der Waals surface area contributed by atoms with Crippen molar-refractivity contribution in [2.75, 3.05) is 13.7 Å². The number of hydrogen-bond donors (Lipinski definition) is 0. The lowest BCUT2D eigenvalue weighted by atomic mass is 9.98. The van der Waals surface area contributed by atoms with Gasteiger partial charge in [-0.1, -0.05) is 84.4 Å². The van der Waals surface area contributed by atoms with E-state index in [0.29, 0.717) is 0 Å². The highest BCUT2D eigenvalue weighted by Crippen LogP contribution is 2.31. The van der Waals surface area contributed by atoms with E-state index in [9.17, 15) is 13.2 Å². The summed E-state index contributed by atoms with van der Waals surface area (Å²) in [6, 6.07) is 25.3. The van der Waals surface area contributed by atoms with Crippen LogP contribution in [0.15, 0.2) is 102 Å². The fraction of sp³-hybridized carbons (Fsp3) is 0.344. The molecule has 1 aliphatic rings. The van der Waals surface area contributed by atoms with Crippen molar-refractivity contribution >= 4 is 16.1 Å². The third-order valence-corrected chi connectivity index (χ3v) is 7.94. The van der Waals surface area contributed by atoms with Crippen LogP contribution in [0.1, 0.15) is 23.6 Å². The Morgan fingerprint density at radius 2 is 1.40 bits per heavy atom. The summed E-state index contributed by atoms with van der Waals surface area (Å²) in [7, 11) is -2.69. The number of ether oxygens (including phenoxy) is 5. The first kappa shape index (κ1) is 31.6. The zero-order valence-corrected chi connectivity index (χ0v) is 24.6. The summed E-state index contributed by atoms with van der Waals surface area (Å²) in [5.41, 5.74) is 2.70. The summed E-state index contributed by atoms with van der Waals surface area (Å²) < 4.78 is 61.7. The van der Waals surface area contributed by atoms with Crippen LogP contribution in [0.3, 0.4) is 0 Å². The number of carbonyl (C=O) groups is 1. The largest absolute Gasteiger partial charge is 0.453 e. The third-order valence-electron chi connectivity index (χ3n) is 6.65. The Labute approximate surface area is 247 Å². The van der Waals surface area contributed by atoms with Crippen molar-refractivity contribution < 1.29 is 41.1 Å². The Morgan fingerprint density at radius 3 is 1.95 bits per heavy atom. The van der Waals surface area contributed by atoms with E-state index >= 15 is 0 Å². The first-order chi connectivity index (χ1) is 20.3. The molecule has 9 nitrogen and oxygen atoms in total. The topological polar surface area (TPSA) is 107 Å². The molecule has 3 aromatic rings. The highest BCUT2D eigenvalue weighted by molar-refractivity contribution is 7.86. The Kier molecular flexibility index (Phi) is 11.4. The molecule has 0 spiro atoms. The number of allylic oxidation sites excluding steroid dienone is 1. The van der Waals surface area contributed by atoms with Crippen molar-refractivity contribution in [1.82, 2.24) is 0 Å². The van der Waals surface area contributed by atoms with Gasteiger partial charge in [0.15, 0.2) is 12.4 Å². The van der Waals surface area contributed by atoms with Gasteiger partial charge in [-0.15, -0.1) is 0 Å². The second-order valence-electron chi connectivity index (χ2n) is 9.75. The highest BCUT2D eigenvalue weighted by atomic mass is 32.2.